The van der Waals surface area contributed by atoms with Crippen molar-refractivity contribution >= 4 is 26.9 Å². The van der Waals surface area contributed by atoms with E-state index in [-0.39, 0.29) is 11.4 Å². The summed E-state index contributed by atoms with van der Waals surface area (Å²) in [6.45, 7) is 6.93. The minimum atomic E-state index is -0.261. The van der Waals surface area contributed by atoms with Crippen molar-refractivity contribution in [3.8, 4) is 0 Å². The van der Waals surface area contributed by atoms with E-state index in [1.807, 2.05) is 0 Å². The van der Waals surface area contributed by atoms with E-state index < -0.39 is 0 Å². The molecule has 0 saturated carbocycles. The van der Waals surface area contributed by atoms with E-state index in [4.69, 9.17) is 4.42 Å². The summed E-state index contributed by atoms with van der Waals surface area (Å²) >= 11 is 3.30. The number of rotatable bonds is 2. The average molecular weight is 300 g/mol. The third kappa shape index (κ3) is 2.87. The summed E-state index contributed by atoms with van der Waals surface area (Å²) in [6.07, 6.45) is 1.67. The van der Waals surface area contributed by atoms with Gasteiger partial charge in [0.25, 0.3) is 0 Å². The van der Waals surface area contributed by atoms with Gasteiger partial charge in [-0.25, -0.2) is 4.39 Å². The Hall–Kier alpha value is -0.870. The maximum atomic E-state index is 13.3. The molecule has 1 heterocycles. The number of halogens is 2. The molecule has 0 aliphatic heterocycles. The highest BCUT2D eigenvalue weighted by atomic mass is 79.9. The maximum Gasteiger partial charge on any atom is 0.148 e. The minimum absolute atomic E-state index is 0.0220. The molecule has 0 aliphatic carbocycles. The van der Waals surface area contributed by atoms with Crippen LogP contribution in [0.25, 0.3) is 11.0 Å². The quantitative estimate of drug-likeness (QED) is 0.898. The van der Waals surface area contributed by atoms with Crippen LogP contribution in [0.4, 0.5) is 4.39 Å². The molecule has 1 N–H and O–H groups in total. The van der Waals surface area contributed by atoms with E-state index in [2.05, 4.69) is 42.0 Å². The van der Waals surface area contributed by atoms with Gasteiger partial charge in [0.05, 0.1) is 10.7 Å². The highest BCUT2D eigenvalue weighted by Gasteiger charge is 2.14. The van der Waals surface area contributed by atoms with Crippen LogP contribution in [0, 0.1) is 5.82 Å². The molecule has 0 radical (unpaired) electrons. The van der Waals surface area contributed by atoms with Crippen LogP contribution >= 0.6 is 15.9 Å². The van der Waals surface area contributed by atoms with Crippen molar-refractivity contribution in [1.82, 2.24) is 5.32 Å². The molecule has 0 spiro atoms. The van der Waals surface area contributed by atoms with Gasteiger partial charge in [-0.1, -0.05) is 0 Å². The minimum Gasteiger partial charge on any atom is -0.463 e. The highest BCUT2D eigenvalue weighted by molar-refractivity contribution is 9.10. The number of nitrogens with one attached hydrogen (secondary N) is 1. The molecule has 0 bridgehead atoms. The van der Waals surface area contributed by atoms with Crippen LogP contribution < -0.4 is 5.32 Å². The van der Waals surface area contributed by atoms with Gasteiger partial charge >= 0.3 is 0 Å². The lowest BCUT2D eigenvalue weighted by Crippen LogP contribution is -2.34. The van der Waals surface area contributed by atoms with Gasteiger partial charge in [-0.2, -0.15) is 0 Å². The fraction of sp³-hybridized carbons (Fsp3) is 0.385. The second kappa shape index (κ2) is 4.42. The molecule has 0 amide bonds. The van der Waals surface area contributed by atoms with Crippen molar-refractivity contribution in [2.45, 2.75) is 32.9 Å². The maximum absolute atomic E-state index is 13.3. The average Bonchev–Trinajstić information content (AvgIpc) is 2.57. The first-order valence-corrected chi connectivity index (χ1v) is 6.26. The van der Waals surface area contributed by atoms with Crippen molar-refractivity contribution in [3.63, 3.8) is 0 Å². The highest BCUT2D eigenvalue weighted by Crippen LogP contribution is 2.29. The van der Waals surface area contributed by atoms with E-state index in [0.717, 1.165) is 10.9 Å². The normalized spacial score (nSPS) is 12.3. The van der Waals surface area contributed by atoms with Gasteiger partial charge < -0.3 is 9.73 Å². The summed E-state index contributed by atoms with van der Waals surface area (Å²) in [6, 6.07) is 2.91. The van der Waals surface area contributed by atoms with E-state index in [1.165, 1.54) is 12.1 Å². The summed E-state index contributed by atoms with van der Waals surface area (Å²) in [4.78, 5) is 0. The Kier molecular flexibility index (Phi) is 3.27. The Morgan fingerprint density at radius 1 is 1.35 bits per heavy atom. The summed E-state index contributed by atoms with van der Waals surface area (Å²) < 4.78 is 19.4. The summed E-state index contributed by atoms with van der Waals surface area (Å²) in [5.41, 5.74) is 1.68. The molecule has 17 heavy (non-hydrogen) atoms. The SMILES string of the molecule is CC(C)(C)NCc1coc2c(Br)cc(F)cc12. The lowest BCUT2D eigenvalue weighted by Gasteiger charge is -2.19. The first-order chi connectivity index (χ1) is 7.87. The van der Waals surface area contributed by atoms with Crippen LogP contribution in [0.15, 0.2) is 27.3 Å². The van der Waals surface area contributed by atoms with Crippen molar-refractivity contribution < 1.29 is 8.81 Å². The Labute approximate surface area is 108 Å². The molecular weight excluding hydrogens is 285 g/mol. The first-order valence-electron chi connectivity index (χ1n) is 5.47. The molecular formula is C13H15BrFNO. The molecule has 0 atom stereocenters. The second-order valence-electron chi connectivity index (χ2n) is 5.13. The molecule has 2 nitrogen and oxygen atoms in total. The second-order valence-corrected chi connectivity index (χ2v) is 5.98. The Balaban J connectivity index is 2.36. The third-order valence-corrected chi connectivity index (χ3v) is 3.07. The van der Waals surface area contributed by atoms with Gasteiger partial charge in [0.15, 0.2) is 0 Å². The zero-order valence-corrected chi connectivity index (χ0v) is 11.7. The van der Waals surface area contributed by atoms with E-state index in [9.17, 15) is 4.39 Å². The fourth-order valence-electron chi connectivity index (χ4n) is 1.61. The van der Waals surface area contributed by atoms with Gasteiger partial charge in [-0.05, 0) is 48.8 Å². The number of hydrogen-bond donors (Lipinski definition) is 1. The Morgan fingerprint density at radius 3 is 2.71 bits per heavy atom. The number of benzene rings is 1. The number of fused-ring (bicyclic) bond motifs is 1. The van der Waals surface area contributed by atoms with Gasteiger partial charge in [0, 0.05) is 23.0 Å². The Morgan fingerprint density at radius 2 is 2.06 bits per heavy atom. The molecule has 0 fully saturated rings. The molecule has 0 unspecified atom stereocenters. The monoisotopic (exact) mass is 299 g/mol. The Bertz CT molecular complexity index is 542. The molecule has 2 aromatic rings. The topological polar surface area (TPSA) is 25.2 Å². The van der Waals surface area contributed by atoms with Crippen molar-refractivity contribution in [2.75, 3.05) is 0 Å². The van der Waals surface area contributed by atoms with Gasteiger partial charge in [0.1, 0.15) is 11.4 Å². The number of hydrogen-bond acceptors (Lipinski definition) is 2. The lowest BCUT2D eigenvalue weighted by molar-refractivity contribution is 0.423. The van der Waals surface area contributed by atoms with E-state index in [1.54, 1.807) is 6.26 Å². The van der Waals surface area contributed by atoms with Crippen molar-refractivity contribution in [1.29, 1.82) is 0 Å². The van der Waals surface area contributed by atoms with E-state index >= 15 is 0 Å². The van der Waals surface area contributed by atoms with Crippen LogP contribution in [-0.4, -0.2) is 5.54 Å². The predicted octanol–water partition coefficient (Wildman–Crippen LogP) is 4.22. The van der Waals surface area contributed by atoms with Gasteiger partial charge in [0.2, 0.25) is 0 Å². The summed E-state index contributed by atoms with van der Waals surface area (Å²) in [7, 11) is 0. The van der Waals surface area contributed by atoms with Crippen LogP contribution in [0.3, 0.4) is 0 Å². The largest absolute Gasteiger partial charge is 0.463 e. The van der Waals surface area contributed by atoms with Gasteiger partial charge in [-0.15, -0.1) is 0 Å². The zero-order chi connectivity index (χ0) is 12.6. The predicted molar refractivity (Wildman–Crippen MR) is 70.5 cm³/mol. The van der Waals surface area contributed by atoms with Crippen molar-refractivity contribution in [2.24, 2.45) is 0 Å². The van der Waals surface area contributed by atoms with E-state index in [0.29, 0.717) is 16.6 Å². The third-order valence-electron chi connectivity index (χ3n) is 2.48. The standard InChI is InChI=1S/C13H15BrFNO/c1-13(2,3)16-6-8-7-17-12-10(8)4-9(15)5-11(12)14/h4-5,7,16H,6H2,1-3H3. The molecule has 0 saturated heterocycles. The number of furan rings is 1. The van der Waals surface area contributed by atoms with Crippen LogP contribution in [-0.2, 0) is 6.54 Å². The van der Waals surface area contributed by atoms with Gasteiger partial charge in [-0.3, -0.25) is 0 Å². The summed E-state index contributed by atoms with van der Waals surface area (Å²) in [5.74, 6) is -0.261. The van der Waals surface area contributed by atoms with Crippen LogP contribution in [0.1, 0.15) is 26.3 Å². The summed E-state index contributed by atoms with van der Waals surface area (Å²) in [5, 5.41) is 4.17. The van der Waals surface area contributed by atoms with Crippen molar-refractivity contribution in [3.05, 3.63) is 34.2 Å². The smallest absolute Gasteiger partial charge is 0.148 e. The zero-order valence-electron chi connectivity index (χ0n) is 10.1. The fourth-order valence-corrected chi connectivity index (χ4v) is 2.14. The first kappa shape index (κ1) is 12.6. The lowest BCUT2D eigenvalue weighted by atomic mass is 10.1. The molecule has 0 aliphatic rings. The molecule has 92 valence electrons. The molecule has 1 aromatic carbocycles. The molecule has 1 aromatic heterocycles. The van der Waals surface area contributed by atoms with Crippen LogP contribution in [0.2, 0.25) is 0 Å². The molecule has 2 rings (SSSR count). The van der Waals surface area contributed by atoms with Crippen LogP contribution in [0.5, 0.6) is 0 Å². The molecule has 4 heteroatoms.